The molecule has 5 nitrogen and oxygen atoms in total. The van der Waals surface area contributed by atoms with Crippen LogP contribution in [0.2, 0.25) is 0 Å². The van der Waals surface area contributed by atoms with E-state index in [9.17, 15) is 4.79 Å². The highest BCUT2D eigenvalue weighted by Gasteiger charge is 2.16. The quantitative estimate of drug-likeness (QED) is 0.828. The zero-order valence-corrected chi connectivity index (χ0v) is 14.8. The molecule has 130 valence electrons. The van der Waals surface area contributed by atoms with Gasteiger partial charge in [0.25, 0.3) is 0 Å². The molecular formula is C18H31N3O2. The predicted molar refractivity (Wildman–Crippen MR) is 91.4 cm³/mol. The minimum absolute atomic E-state index is 0.357. The first-order chi connectivity index (χ1) is 10.9. The standard InChI is InChI=1S/C18H31N3O2/c1-18(2,3)23-17(22)20-11-10-16-13-19-14-21(16)12-6-9-15-7-4-5-8-15/h13-15H,4-12H2,1-3H3,(H,20,22). The summed E-state index contributed by atoms with van der Waals surface area (Å²) in [7, 11) is 0. The first-order valence-corrected chi connectivity index (χ1v) is 8.90. The number of carbonyl (C=O) groups is 1. The molecule has 0 radical (unpaired) electrons. The number of alkyl carbamates (subject to hydrolysis) is 1. The van der Waals surface area contributed by atoms with Gasteiger partial charge >= 0.3 is 6.09 Å². The average molecular weight is 321 g/mol. The molecule has 1 aromatic heterocycles. The fraction of sp³-hybridized carbons (Fsp3) is 0.778. The monoisotopic (exact) mass is 321 g/mol. The van der Waals surface area contributed by atoms with Gasteiger partial charge in [-0.15, -0.1) is 0 Å². The van der Waals surface area contributed by atoms with Crippen molar-refractivity contribution < 1.29 is 9.53 Å². The van der Waals surface area contributed by atoms with Crippen molar-refractivity contribution in [1.82, 2.24) is 14.9 Å². The number of carbonyl (C=O) groups excluding carboxylic acids is 1. The molecule has 0 aliphatic heterocycles. The van der Waals surface area contributed by atoms with E-state index in [2.05, 4.69) is 14.9 Å². The number of amides is 1. The summed E-state index contributed by atoms with van der Waals surface area (Å²) in [6.45, 7) is 7.20. The number of nitrogens with zero attached hydrogens (tertiary/aromatic N) is 2. The van der Waals surface area contributed by atoms with Crippen LogP contribution in [0.3, 0.4) is 0 Å². The fourth-order valence-corrected chi connectivity index (χ4v) is 3.21. The van der Waals surface area contributed by atoms with Gasteiger partial charge in [0.2, 0.25) is 0 Å². The van der Waals surface area contributed by atoms with Gasteiger partial charge in [0, 0.05) is 31.4 Å². The van der Waals surface area contributed by atoms with Crippen LogP contribution in [0.25, 0.3) is 0 Å². The molecule has 0 unspecified atom stereocenters. The maximum Gasteiger partial charge on any atom is 0.407 e. The molecule has 0 spiro atoms. The van der Waals surface area contributed by atoms with Crippen molar-refractivity contribution in [3.8, 4) is 0 Å². The molecule has 1 N–H and O–H groups in total. The smallest absolute Gasteiger partial charge is 0.407 e. The minimum Gasteiger partial charge on any atom is -0.444 e. The number of aromatic nitrogens is 2. The Hall–Kier alpha value is -1.52. The van der Waals surface area contributed by atoms with Crippen molar-refractivity contribution in [2.75, 3.05) is 6.54 Å². The molecule has 1 aromatic rings. The van der Waals surface area contributed by atoms with E-state index < -0.39 is 5.60 Å². The third-order valence-electron chi connectivity index (χ3n) is 4.33. The molecule has 0 aromatic carbocycles. The second-order valence-corrected chi connectivity index (χ2v) is 7.55. The van der Waals surface area contributed by atoms with Crippen LogP contribution in [-0.4, -0.2) is 27.8 Å². The van der Waals surface area contributed by atoms with Crippen LogP contribution in [0.1, 0.15) is 65.0 Å². The predicted octanol–water partition coefficient (Wildman–Crippen LogP) is 3.92. The summed E-state index contributed by atoms with van der Waals surface area (Å²) >= 11 is 0. The highest BCUT2D eigenvalue weighted by molar-refractivity contribution is 5.67. The summed E-state index contributed by atoms with van der Waals surface area (Å²) in [6, 6.07) is 0. The molecule has 0 saturated heterocycles. The van der Waals surface area contributed by atoms with Crippen LogP contribution < -0.4 is 5.32 Å². The molecule has 1 aliphatic rings. The molecule has 23 heavy (non-hydrogen) atoms. The van der Waals surface area contributed by atoms with E-state index >= 15 is 0 Å². The molecule has 1 amide bonds. The normalized spacial score (nSPS) is 15.8. The average Bonchev–Trinajstić information content (AvgIpc) is 3.09. The Balaban J connectivity index is 1.67. The number of imidazole rings is 1. The first kappa shape index (κ1) is 17.8. The van der Waals surface area contributed by atoms with Gasteiger partial charge in [0.05, 0.1) is 6.33 Å². The Bertz CT molecular complexity index is 485. The largest absolute Gasteiger partial charge is 0.444 e. The summed E-state index contributed by atoms with van der Waals surface area (Å²) in [4.78, 5) is 15.9. The number of aryl methyl sites for hydroxylation is 1. The SMILES string of the molecule is CC(C)(C)OC(=O)NCCc1cncn1CCCC1CCCC1. The Morgan fingerprint density at radius 3 is 2.83 bits per heavy atom. The molecule has 1 fully saturated rings. The number of hydrogen-bond donors (Lipinski definition) is 1. The van der Waals surface area contributed by atoms with Crippen molar-refractivity contribution in [2.45, 2.75) is 77.9 Å². The molecule has 1 heterocycles. The molecule has 1 saturated carbocycles. The molecule has 5 heteroatoms. The van der Waals surface area contributed by atoms with Crippen molar-refractivity contribution in [2.24, 2.45) is 5.92 Å². The minimum atomic E-state index is -0.452. The number of ether oxygens (including phenoxy) is 1. The van der Waals surface area contributed by atoms with E-state index in [1.165, 1.54) is 44.2 Å². The van der Waals surface area contributed by atoms with Crippen LogP contribution in [0, 0.1) is 5.92 Å². The second-order valence-electron chi connectivity index (χ2n) is 7.55. The van der Waals surface area contributed by atoms with Crippen LogP contribution in [-0.2, 0) is 17.7 Å². The Labute approximate surface area is 139 Å². The second kappa shape index (κ2) is 8.37. The van der Waals surface area contributed by atoms with Crippen molar-refractivity contribution in [3.05, 3.63) is 18.2 Å². The van der Waals surface area contributed by atoms with Gasteiger partial charge < -0.3 is 14.6 Å². The topological polar surface area (TPSA) is 56.1 Å². The summed E-state index contributed by atoms with van der Waals surface area (Å²) < 4.78 is 7.45. The Morgan fingerprint density at radius 2 is 2.13 bits per heavy atom. The molecular weight excluding hydrogens is 290 g/mol. The fourth-order valence-electron chi connectivity index (χ4n) is 3.21. The van der Waals surface area contributed by atoms with E-state index in [0.717, 1.165) is 18.9 Å². The summed E-state index contributed by atoms with van der Waals surface area (Å²) in [6.07, 6.45) is 12.4. The third kappa shape index (κ3) is 6.63. The zero-order valence-electron chi connectivity index (χ0n) is 14.8. The summed E-state index contributed by atoms with van der Waals surface area (Å²) in [5.74, 6) is 0.941. The van der Waals surface area contributed by atoms with Gasteiger partial charge in [-0.25, -0.2) is 9.78 Å². The van der Waals surface area contributed by atoms with Crippen LogP contribution in [0.4, 0.5) is 4.79 Å². The number of nitrogens with one attached hydrogen (secondary N) is 1. The van der Waals surface area contributed by atoms with Gasteiger partial charge in [-0.3, -0.25) is 0 Å². The number of rotatable bonds is 7. The van der Waals surface area contributed by atoms with Gasteiger partial charge in [-0.2, -0.15) is 0 Å². The lowest BCUT2D eigenvalue weighted by atomic mass is 10.0. The maximum absolute atomic E-state index is 11.6. The van der Waals surface area contributed by atoms with Crippen LogP contribution >= 0.6 is 0 Å². The number of hydrogen-bond acceptors (Lipinski definition) is 3. The highest BCUT2D eigenvalue weighted by Crippen LogP contribution is 2.28. The maximum atomic E-state index is 11.6. The lowest BCUT2D eigenvalue weighted by Gasteiger charge is -2.19. The van der Waals surface area contributed by atoms with E-state index in [1.54, 1.807) is 0 Å². The lowest BCUT2D eigenvalue weighted by Crippen LogP contribution is -2.33. The molecule has 1 aliphatic carbocycles. The Kier molecular flexibility index (Phi) is 6.48. The van der Waals surface area contributed by atoms with E-state index in [0.29, 0.717) is 6.54 Å². The first-order valence-electron chi connectivity index (χ1n) is 8.90. The van der Waals surface area contributed by atoms with E-state index in [1.807, 2.05) is 33.3 Å². The van der Waals surface area contributed by atoms with Crippen LogP contribution in [0.15, 0.2) is 12.5 Å². The highest BCUT2D eigenvalue weighted by atomic mass is 16.6. The van der Waals surface area contributed by atoms with Gasteiger partial charge in [-0.1, -0.05) is 25.7 Å². The molecule has 0 atom stereocenters. The summed E-state index contributed by atoms with van der Waals surface area (Å²) in [5, 5.41) is 2.80. The summed E-state index contributed by atoms with van der Waals surface area (Å²) in [5.41, 5.74) is 0.721. The van der Waals surface area contributed by atoms with Crippen LogP contribution in [0.5, 0.6) is 0 Å². The van der Waals surface area contributed by atoms with Crippen molar-refractivity contribution in [3.63, 3.8) is 0 Å². The zero-order chi connectivity index (χ0) is 16.7. The van der Waals surface area contributed by atoms with Gasteiger partial charge in [-0.05, 0) is 39.5 Å². The van der Waals surface area contributed by atoms with Crippen molar-refractivity contribution >= 4 is 6.09 Å². The molecule has 0 bridgehead atoms. The third-order valence-corrected chi connectivity index (χ3v) is 4.33. The van der Waals surface area contributed by atoms with Crippen molar-refractivity contribution in [1.29, 1.82) is 0 Å². The van der Waals surface area contributed by atoms with Gasteiger partial charge in [0.1, 0.15) is 5.60 Å². The molecule has 2 rings (SSSR count). The van der Waals surface area contributed by atoms with Gasteiger partial charge in [0.15, 0.2) is 0 Å². The van der Waals surface area contributed by atoms with E-state index in [4.69, 9.17) is 4.74 Å². The Morgan fingerprint density at radius 1 is 1.39 bits per heavy atom. The lowest BCUT2D eigenvalue weighted by molar-refractivity contribution is 0.0528. The van der Waals surface area contributed by atoms with E-state index in [-0.39, 0.29) is 6.09 Å².